The minimum Gasteiger partial charge on any atom is -0.376 e. The number of nitrogens with one attached hydrogen (secondary N) is 1. The lowest BCUT2D eigenvalue weighted by Crippen LogP contribution is -2.42. The zero-order chi connectivity index (χ0) is 12.3. The number of nitrogens with zero attached hydrogens (tertiary/aromatic N) is 1. The molecule has 1 fully saturated rings. The molecule has 0 aromatic carbocycles. The van der Waals surface area contributed by atoms with Crippen LogP contribution in [0.4, 0.5) is 0 Å². The van der Waals surface area contributed by atoms with Crippen molar-refractivity contribution in [2.24, 2.45) is 0 Å². The number of pyridine rings is 1. The molecule has 3 nitrogen and oxygen atoms in total. The fraction of sp³-hybridized carbons (Fsp3) is 0.643. The zero-order valence-corrected chi connectivity index (χ0v) is 11.0. The molecule has 1 aromatic rings. The summed E-state index contributed by atoms with van der Waals surface area (Å²) in [5, 5.41) is 3.41. The number of likely N-dealkylation sites (N-methyl/N-ethyl adjacent to an activating group) is 1. The maximum atomic E-state index is 5.85. The average Bonchev–Trinajstić information content (AvgIpc) is 2.82. The van der Waals surface area contributed by atoms with Gasteiger partial charge in [0.15, 0.2) is 0 Å². The first-order valence-electron chi connectivity index (χ1n) is 6.37. The molecule has 0 bridgehead atoms. The van der Waals surface area contributed by atoms with Gasteiger partial charge >= 0.3 is 0 Å². The molecule has 17 heavy (non-hydrogen) atoms. The van der Waals surface area contributed by atoms with E-state index in [1.807, 2.05) is 27.3 Å². The molecular formula is C14H22N2O. The van der Waals surface area contributed by atoms with Gasteiger partial charge in [-0.15, -0.1) is 0 Å². The highest BCUT2D eigenvalue weighted by Gasteiger charge is 2.41. The molecule has 2 rings (SSSR count). The summed E-state index contributed by atoms with van der Waals surface area (Å²) >= 11 is 0. The molecule has 1 saturated carbocycles. The van der Waals surface area contributed by atoms with Gasteiger partial charge in [-0.25, -0.2) is 0 Å². The van der Waals surface area contributed by atoms with Crippen LogP contribution in [0, 0.1) is 6.92 Å². The Morgan fingerprint density at radius 3 is 2.53 bits per heavy atom. The quantitative estimate of drug-likeness (QED) is 0.869. The monoisotopic (exact) mass is 234 g/mol. The molecule has 1 atom stereocenters. The van der Waals surface area contributed by atoms with Gasteiger partial charge in [0.05, 0.1) is 11.6 Å². The van der Waals surface area contributed by atoms with Crippen LogP contribution in [0.3, 0.4) is 0 Å². The van der Waals surface area contributed by atoms with Crippen LogP contribution in [-0.4, -0.2) is 24.7 Å². The van der Waals surface area contributed by atoms with Gasteiger partial charge in [-0.2, -0.15) is 0 Å². The van der Waals surface area contributed by atoms with Crippen molar-refractivity contribution in [3.05, 3.63) is 29.6 Å². The van der Waals surface area contributed by atoms with E-state index < -0.39 is 0 Å². The van der Waals surface area contributed by atoms with E-state index in [1.54, 1.807) is 0 Å². The molecule has 1 heterocycles. The van der Waals surface area contributed by atoms with Crippen LogP contribution in [0.2, 0.25) is 0 Å². The summed E-state index contributed by atoms with van der Waals surface area (Å²) < 4.78 is 5.85. The molecule has 1 aliphatic carbocycles. The predicted octanol–water partition coefficient (Wildman–Crippen LogP) is 2.61. The molecule has 0 saturated heterocycles. The lowest BCUT2D eigenvalue weighted by Gasteiger charge is -2.36. The second-order valence-corrected chi connectivity index (χ2v) is 4.93. The smallest absolute Gasteiger partial charge is 0.0873 e. The third kappa shape index (κ3) is 2.35. The number of rotatable bonds is 4. The summed E-state index contributed by atoms with van der Waals surface area (Å²) in [7, 11) is 3.83. The highest BCUT2D eigenvalue weighted by molar-refractivity contribution is 5.21. The van der Waals surface area contributed by atoms with Crippen LogP contribution in [0.5, 0.6) is 0 Å². The first kappa shape index (κ1) is 12.5. The van der Waals surface area contributed by atoms with E-state index in [0.29, 0.717) is 0 Å². The number of aromatic nitrogens is 1. The van der Waals surface area contributed by atoms with Gasteiger partial charge in [-0.3, -0.25) is 4.98 Å². The normalized spacial score (nSPS) is 20.4. The topological polar surface area (TPSA) is 34.2 Å². The first-order valence-corrected chi connectivity index (χ1v) is 6.37. The van der Waals surface area contributed by atoms with Crippen molar-refractivity contribution in [1.82, 2.24) is 10.3 Å². The van der Waals surface area contributed by atoms with Crippen molar-refractivity contribution >= 4 is 0 Å². The van der Waals surface area contributed by atoms with E-state index in [0.717, 1.165) is 18.5 Å². The van der Waals surface area contributed by atoms with E-state index in [-0.39, 0.29) is 11.6 Å². The van der Waals surface area contributed by atoms with Crippen LogP contribution in [0.25, 0.3) is 0 Å². The second kappa shape index (κ2) is 5.15. The van der Waals surface area contributed by atoms with Crippen molar-refractivity contribution in [3.8, 4) is 0 Å². The Balaban J connectivity index is 2.28. The molecule has 0 radical (unpaired) electrons. The Kier molecular flexibility index (Phi) is 3.79. The van der Waals surface area contributed by atoms with Crippen molar-refractivity contribution in [1.29, 1.82) is 0 Å². The summed E-state index contributed by atoms with van der Waals surface area (Å²) in [6, 6.07) is 4.46. The Morgan fingerprint density at radius 1 is 1.35 bits per heavy atom. The van der Waals surface area contributed by atoms with Crippen LogP contribution < -0.4 is 5.32 Å². The molecular weight excluding hydrogens is 212 g/mol. The number of hydrogen-bond acceptors (Lipinski definition) is 3. The SMILES string of the molecule is CNC(c1ccc(C)nc1)C1(OC)CCCC1. The molecule has 0 spiro atoms. The van der Waals surface area contributed by atoms with E-state index in [9.17, 15) is 0 Å². The maximum Gasteiger partial charge on any atom is 0.0873 e. The van der Waals surface area contributed by atoms with E-state index in [4.69, 9.17) is 4.74 Å². The van der Waals surface area contributed by atoms with Crippen molar-refractivity contribution in [2.45, 2.75) is 44.2 Å². The Hall–Kier alpha value is -0.930. The number of methoxy groups -OCH3 is 1. The molecule has 1 N–H and O–H groups in total. The predicted molar refractivity (Wildman–Crippen MR) is 69.0 cm³/mol. The summed E-state index contributed by atoms with van der Waals surface area (Å²) in [4.78, 5) is 4.39. The minimum absolute atomic E-state index is 0.0499. The third-order valence-electron chi connectivity index (χ3n) is 3.94. The Labute approximate surface area is 104 Å². The molecule has 1 unspecified atom stereocenters. The lowest BCUT2D eigenvalue weighted by atomic mass is 9.87. The number of hydrogen-bond donors (Lipinski definition) is 1. The summed E-state index contributed by atoms with van der Waals surface area (Å²) in [5.74, 6) is 0. The van der Waals surface area contributed by atoms with Gasteiger partial charge in [-0.1, -0.05) is 18.9 Å². The van der Waals surface area contributed by atoms with E-state index in [1.165, 1.54) is 18.4 Å². The highest BCUT2D eigenvalue weighted by Crippen LogP contribution is 2.42. The first-order chi connectivity index (χ1) is 8.22. The molecule has 94 valence electrons. The fourth-order valence-electron chi connectivity index (χ4n) is 2.97. The molecule has 0 amide bonds. The molecule has 1 aliphatic rings. The summed E-state index contributed by atoms with van der Waals surface area (Å²) in [5.41, 5.74) is 2.23. The van der Waals surface area contributed by atoms with Gasteiger partial charge in [0.1, 0.15) is 0 Å². The molecule has 1 aromatic heterocycles. The van der Waals surface area contributed by atoms with Gasteiger partial charge in [0.2, 0.25) is 0 Å². The Morgan fingerprint density at radius 2 is 2.06 bits per heavy atom. The zero-order valence-electron chi connectivity index (χ0n) is 11.0. The largest absolute Gasteiger partial charge is 0.376 e. The van der Waals surface area contributed by atoms with Crippen molar-refractivity contribution < 1.29 is 4.74 Å². The summed E-state index contributed by atoms with van der Waals surface area (Å²) in [6.07, 6.45) is 6.73. The number of ether oxygens (including phenoxy) is 1. The maximum absolute atomic E-state index is 5.85. The summed E-state index contributed by atoms with van der Waals surface area (Å²) in [6.45, 7) is 2.01. The minimum atomic E-state index is -0.0499. The highest BCUT2D eigenvalue weighted by atomic mass is 16.5. The van der Waals surface area contributed by atoms with Crippen LogP contribution in [0.1, 0.15) is 43.0 Å². The average molecular weight is 234 g/mol. The fourth-order valence-corrected chi connectivity index (χ4v) is 2.97. The van der Waals surface area contributed by atoms with Crippen molar-refractivity contribution in [2.75, 3.05) is 14.2 Å². The molecule has 0 aliphatic heterocycles. The van der Waals surface area contributed by atoms with Gasteiger partial charge in [0.25, 0.3) is 0 Å². The van der Waals surface area contributed by atoms with E-state index in [2.05, 4.69) is 22.4 Å². The Bertz CT molecular complexity index is 355. The third-order valence-corrected chi connectivity index (χ3v) is 3.94. The van der Waals surface area contributed by atoms with Gasteiger partial charge < -0.3 is 10.1 Å². The second-order valence-electron chi connectivity index (χ2n) is 4.93. The van der Waals surface area contributed by atoms with Crippen LogP contribution >= 0.6 is 0 Å². The molecule has 3 heteroatoms. The standard InChI is InChI=1S/C14H22N2O/c1-11-6-7-12(10-16-11)13(15-2)14(17-3)8-4-5-9-14/h6-7,10,13,15H,4-5,8-9H2,1-3H3. The van der Waals surface area contributed by atoms with Gasteiger partial charge in [0, 0.05) is 19.0 Å². The van der Waals surface area contributed by atoms with E-state index >= 15 is 0 Å². The van der Waals surface area contributed by atoms with Crippen molar-refractivity contribution in [3.63, 3.8) is 0 Å². The van der Waals surface area contributed by atoms with Crippen LogP contribution in [0.15, 0.2) is 18.3 Å². The van der Waals surface area contributed by atoms with Gasteiger partial charge in [-0.05, 0) is 38.4 Å². The number of aryl methyl sites for hydroxylation is 1. The van der Waals surface area contributed by atoms with Crippen LogP contribution in [-0.2, 0) is 4.74 Å². The lowest BCUT2D eigenvalue weighted by molar-refractivity contribution is -0.0349.